The number of aromatic nitrogens is 2. The quantitative estimate of drug-likeness (QED) is 0.717. The van der Waals surface area contributed by atoms with Crippen molar-refractivity contribution in [2.75, 3.05) is 18.5 Å². The van der Waals surface area contributed by atoms with Crippen LogP contribution in [0.25, 0.3) is 0 Å². The lowest BCUT2D eigenvalue weighted by Crippen LogP contribution is -2.19. The molecule has 2 N–H and O–H groups in total. The summed E-state index contributed by atoms with van der Waals surface area (Å²) in [6.45, 7) is 3.79. The molecule has 2 heterocycles. The third-order valence-corrected chi connectivity index (χ3v) is 4.43. The molecular formula is C19H20F3N3O4. The third kappa shape index (κ3) is 4.65. The molecule has 1 aliphatic heterocycles. The smallest absolute Gasteiger partial charge is 0.309 e. The summed E-state index contributed by atoms with van der Waals surface area (Å²) < 4.78 is 51.6. The van der Waals surface area contributed by atoms with Crippen molar-refractivity contribution < 1.29 is 32.5 Å². The second-order valence-corrected chi connectivity index (χ2v) is 6.54. The summed E-state index contributed by atoms with van der Waals surface area (Å²) in [7, 11) is 0. The maximum Gasteiger partial charge on any atom is 0.309 e. The Labute approximate surface area is 164 Å². The van der Waals surface area contributed by atoms with Crippen molar-refractivity contribution in [3.05, 3.63) is 52.2 Å². The van der Waals surface area contributed by atoms with Gasteiger partial charge in [-0.2, -0.15) is 0 Å². The Hall–Kier alpha value is -2.72. The highest BCUT2D eigenvalue weighted by molar-refractivity contribution is 5.71. The molecule has 7 nitrogen and oxygen atoms in total. The first-order valence-electron chi connectivity index (χ1n) is 8.93. The number of carboxylic acid groups (broad SMARTS) is 1. The highest BCUT2D eigenvalue weighted by Gasteiger charge is 2.29. The zero-order valence-electron chi connectivity index (χ0n) is 15.8. The molecule has 0 bridgehead atoms. The van der Waals surface area contributed by atoms with Crippen LogP contribution in [0.15, 0.2) is 18.2 Å². The molecule has 0 radical (unpaired) electrons. The van der Waals surface area contributed by atoms with Crippen LogP contribution in [0.5, 0.6) is 0 Å². The monoisotopic (exact) mass is 411 g/mol. The van der Waals surface area contributed by atoms with E-state index in [2.05, 4.69) is 15.3 Å². The molecule has 1 atom stereocenters. The zero-order chi connectivity index (χ0) is 21.1. The van der Waals surface area contributed by atoms with Gasteiger partial charge in [0.05, 0.1) is 42.5 Å². The van der Waals surface area contributed by atoms with Crippen LogP contribution >= 0.6 is 0 Å². The number of anilines is 1. The lowest BCUT2D eigenvalue weighted by molar-refractivity contribution is -0.136. The Balaban J connectivity index is 2.01. The van der Waals surface area contributed by atoms with Crippen LogP contribution in [0.3, 0.4) is 0 Å². The number of carboxylic acids is 1. The first-order valence-corrected chi connectivity index (χ1v) is 8.93. The molecule has 2 aromatic rings. The number of nitrogens with zero attached hydrogens (tertiary/aromatic N) is 2. The predicted octanol–water partition coefficient (Wildman–Crippen LogP) is 3.71. The van der Waals surface area contributed by atoms with Crippen LogP contribution in [-0.2, 0) is 20.7 Å². The molecule has 1 aromatic carbocycles. The third-order valence-electron chi connectivity index (χ3n) is 4.43. The highest BCUT2D eigenvalue weighted by Crippen LogP contribution is 2.34. The van der Waals surface area contributed by atoms with Crippen LogP contribution in [0, 0.1) is 12.7 Å². The van der Waals surface area contributed by atoms with Crippen molar-refractivity contribution in [3.63, 3.8) is 0 Å². The number of aliphatic carboxylic acids is 1. The van der Waals surface area contributed by atoms with Gasteiger partial charge in [0.2, 0.25) is 0 Å². The second kappa shape index (κ2) is 8.75. The van der Waals surface area contributed by atoms with Gasteiger partial charge in [-0.15, -0.1) is 0 Å². The fraction of sp³-hybridized carbons (Fsp3) is 0.421. The minimum Gasteiger partial charge on any atom is -0.481 e. The zero-order valence-corrected chi connectivity index (χ0v) is 15.8. The highest BCUT2D eigenvalue weighted by atomic mass is 19.3. The summed E-state index contributed by atoms with van der Waals surface area (Å²) >= 11 is 0. The molecule has 0 saturated carbocycles. The Morgan fingerprint density at radius 2 is 1.93 bits per heavy atom. The average molecular weight is 411 g/mol. The van der Waals surface area contributed by atoms with Crippen molar-refractivity contribution in [1.82, 2.24) is 9.97 Å². The molecule has 1 aromatic heterocycles. The van der Waals surface area contributed by atoms with Gasteiger partial charge in [0.1, 0.15) is 17.5 Å². The minimum absolute atomic E-state index is 0.0260. The van der Waals surface area contributed by atoms with Gasteiger partial charge in [0.25, 0.3) is 6.43 Å². The fourth-order valence-electron chi connectivity index (χ4n) is 3.15. The van der Waals surface area contributed by atoms with E-state index in [9.17, 15) is 23.1 Å². The van der Waals surface area contributed by atoms with Gasteiger partial charge in [-0.1, -0.05) is 18.2 Å². The van der Waals surface area contributed by atoms with E-state index in [4.69, 9.17) is 9.47 Å². The first kappa shape index (κ1) is 21.0. The van der Waals surface area contributed by atoms with Gasteiger partial charge in [0, 0.05) is 5.56 Å². The number of hydrogen-bond donors (Lipinski definition) is 2. The summed E-state index contributed by atoms with van der Waals surface area (Å²) in [5.74, 6) is -1.61. The Kier molecular flexibility index (Phi) is 6.33. The van der Waals surface area contributed by atoms with E-state index in [1.807, 2.05) is 0 Å². The fourth-order valence-corrected chi connectivity index (χ4v) is 3.15. The van der Waals surface area contributed by atoms with E-state index in [0.29, 0.717) is 24.6 Å². The van der Waals surface area contributed by atoms with Gasteiger partial charge < -0.3 is 19.9 Å². The molecular weight excluding hydrogens is 391 g/mol. The Morgan fingerprint density at radius 3 is 2.55 bits per heavy atom. The van der Waals surface area contributed by atoms with Crippen molar-refractivity contribution in [2.45, 2.75) is 39.0 Å². The van der Waals surface area contributed by atoms with Crippen LogP contribution < -0.4 is 5.32 Å². The standard InChI is InChI=1S/C19H20F3N3O4/c1-9(11-4-3-5-12(16(11)20)17(21)22)23-18-15(19-28-6-7-29-19)13(8-14(26)27)24-10(2)25-18/h3-5,9,17,19H,6-8H2,1-2H3,(H,26,27)(H,23,24,25)/t9-/m1/s1. The van der Waals surface area contributed by atoms with E-state index in [0.717, 1.165) is 6.07 Å². The predicted molar refractivity (Wildman–Crippen MR) is 96.1 cm³/mol. The van der Waals surface area contributed by atoms with E-state index >= 15 is 0 Å². The van der Waals surface area contributed by atoms with Gasteiger partial charge >= 0.3 is 5.97 Å². The number of ether oxygens (including phenoxy) is 2. The van der Waals surface area contributed by atoms with Crippen LogP contribution in [-0.4, -0.2) is 34.3 Å². The average Bonchev–Trinajstić information content (AvgIpc) is 3.14. The largest absolute Gasteiger partial charge is 0.481 e. The van der Waals surface area contributed by atoms with E-state index < -0.39 is 36.1 Å². The van der Waals surface area contributed by atoms with E-state index in [-0.39, 0.29) is 23.5 Å². The number of halogens is 3. The van der Waals surface area contributed by atoms with Gasteiger partial charge in [-0.25, -0.2) is 23.1 Å². The number of benzene rings is 1. The molecule has 0 aliphatic carbocycles. The topological polar surface area (TPSA) is 93.6 Å². The number of nitrogens with one attached hydrogen (secondary N) is 1. The molecule has 156 valence electrons. The molecule has 3 rings (SSSR count). The lowest BCUT2D eigenvalue weighted by atomic mass is 10.0. The molecule has 1 aliphatic rings. The molecule has 0 amide bonds. The van der Waals surface area contributed by atoms with Gasteiger partial charge in [-0.3, -0.25) is 4.79 Å². The molecule has 0 spiro atoms. The van der Waals surface area contributed by atoms with Crippen molar-refractivity contribution in [2.24, 2.45) is 0 Å². The van der Waals surface area contributed by atoms with Crippen LogP contribution in [0.2, 0.25) is 0 Å². The molecule has 1 fully saturated rings. The Morgan fingerprint density at radius 1 is 1.28 bits per heavy atom. The molecule has 10 heteroatoms. The number of hydrogen-bond acceptors (Lipinski definition) is 6. The summed E-state index contributed by atoms with van der Waals surface area (Å²) in [4.78, 5) is 19.7. The summed E-state index contributed by atoms with van der Waals surface area (Å²) in [5, 5.41) is 12.2. The van der Waals surface area contributed by atoms with Gasteiger partial charge in [0.15, 0.2) is 6.29 Å². The minimum atomic E-state index is -2.94. The van der Waals surface area contributed by atoms with Crippen LogP contribution in [0.1, 0.15) is 53.9 Å². The second-order valence-electron chi connectivity index (χ2n) is 6.54. The number of carbonyl (C=O) groups is 1. The summed E-state index contributed by atoms with van der Waals surface area (Å²) in [6.07, 6.45) is -4.21. The van der Waals surface area contributed by atoms with E-state index in [1.54, 1.807) is 13.8 Å². The number of rotatable bonds is 7. The molecule has 1 saturated heterocycles. The first-order chi connectivity index (χ1) is 13.8. The summed E-state index contributed by atoms with van der Waals surface area (Å²) in [6, 6.07) is 3.03. The molecule has 29 heavy (non-hydrogen) atoms. The van der Waals surface area contributed by atoms with Crippen molar-refractivity contribution in [1.29, 1.82) is 0 Å². The van der Waals surface area contributed by atoms with Crippen LogP contribution in [0.4, 0.5) is 19.0 Å². The SMILES string of the molecule is Cc1nc(CC(=O)O)c(C2OCCO2)c(N[C@H](C)c2cccc(C(F)F)c2F)n1. The van der Waals surface area contributed by atoms with Crippen molar-refractivity contribution in [3.8, 4) is 0 Å². The maximum absolute atomic E-state index is 14.5. The number of aryl methyl sites for hydroxylation is 1. The Bertz CT molecular complexity index is 905. The van der Waals surface area contributed by atoms with Crippen molar-refractivity contribution >= 4 is 11.8 Å². The maximum atomic E-state index is 14.5. The molecule has 0 unspecified atom stereocenters. The van der Waals surface area contributed by atoms with Gasteiger partial charge in [-0.05, 0) is 13.8 Å². The normalized spacial score (nSPS) is 15.7. The summed E-state index contributed by atoms with van der Waals surface area (Å²) in [5.41, 5.74) is -0.163. The van der Waals surface area contributed by atoms with E-state index in [1.165, 1.54) is 12.1 Å². The number of alkyl halides is 2. The lowest BCUT2D eigenvalue weighted by Gasteiger charge is -2.22.